The first-order chi connectivity index (χ1) is 13.0. The topological polar surface area (TPSA) is 59.9 Å². The monoisotopic (exact) mass is 370 g/mol. The average molecular weight is 370 g/mol. The highest BCUT2D eigenvalue weighted by molar-refractivity contribution is 5.61. The summed E-state index contributed by atoms with van der Waals surface area (Å²) < 4.78 is 32.2. The molecule has 27 heavy (non-hydrogen) atoms. The van der Waals surface area contributed by atoms with E-state index in [1.165, 1.54) is 19.5 Å². The highest BCUT2D eigenvalue weighted by Gasteiger charge is 2.16. The number of aryl methyl sites for hydroxylation is 1. The molecule has 1 N–H and O–H groups in total. The molecule has 0 saturated heterocycles. The Labute approximate surface area is 156 Å². The highest BCUT2D eigenvalue weighted by atomic mass is 19.2. The van der Waals surface area contributed by atoms with Crippen LogP contribution in [0.5, 0.6) is 5.75 Å². The molecule has 0 aliphatic carbocycles. The maximum atomic E-state index is 13.6. The van der Waals surface area contributed by atoms with Crippen LogP contribution in [0, 0.1) is 18.6 Å². The van der Waals surface area contributed by atoms with Crippen molar-refractivity contribution in [2.45, 2.75) is 19.8 Å². The van der Waals surface area contributed by atoms with E-state index in [2.05, 4.69) is 20.3 Å². The minimum absolute atomic E-state index is 0.130. The van der Waals surface area contributed by atoms with Crippen molar-refractivity contribution < 1.29 is 13.5 Å². The van der Waals surface area contributed by atoms with Gasteiger partial charge in [0.15, 0.2) is 11.6 Å². The van der Waals surface area contributed by atoms with Gasteiger partial charge in [0.1, 0.15) is 17.9 Å². The third kappa shape index (κ3) is 4.36. The van der Waals surface area contributed by atoms with Gasteiger partial charge < -0.3 is 10.1 Å². The zero-order chi connectivity index (χ0) is 19.4. The standard InChI is InChI=1S/C20H20F2N4O/c1-12(15-6-16(21)17(22)7-19(15)27-3)9-24-20-8-18(25-11-26-20)14-5-4-13(2)23-10-14/h4-8,10-12H,9H2,1-3H3,(H,24,25,26). The Morgan fingerprint density at radius 2 is 1.85 bits per heavy atom. The molecule has 0 fully saturated rings. The van der Waals surface area contributed by atoms with Crippen molar-refractivity contribution >= 4 is 5.82 Å². The van der Waals surface area contributed by atoms with Crippen LogP contribution in [0.2, 0.25) is 0 Å². The predicted molar refractivity (Wildman–Crippen MR) is 99.8 cm³/mol. The van der Waals surface area contributed by atoms with Crippen molar-refractivity contribution in [3.63, 3.8) is 0 Å². The molecule has 3 aromatic rings. The van der Waals surface area contributed by atoms with Gasteiger partial charge in [0.2, 0.25) is 0 Å². The van der Waals surface area contributed by atoms with E-state index in [1.54, 1.807) is 6.20 Å². The highest BCUT2D eigenvalue weighted by Crippen LogP contribution is 2.29. The van der Waals surface area contributed by atoms with E-state index in [0.717, 1.165) is 23.0 Å². The molecule has 3 rings (SSSR count). The van der Waals surface area contributed by atoms with Gasteiger partial charge >= 0.3 is 0 Å². The Balaban J connectivity index is 1.74. The van der Waals surface area contributed by atoms with Gasteiger partial charge in [-0.05, 0) is 25.1 Å². The van der Waals surface area contributed by atoms with Crippen LogP contribution in [0.3, 0.4) is 0 Å². The first-order valence-electron chi connectivity index (χ1n) is 8.49. The number of rotatable bonds is 6. The fraction of sp³-hybridized carbons (Fsp3) is 0.250. The van der Waals surface area contributed by atoms with Gasteiger partial charge in [0.25, 0.3) is 0 Å². The lowest BCUT2D eigenvalue weighted by Gasteiger charge is -2.17. The molecule has 1 atom stereocenters. The minimum Gasteiger partial charge on any atom is -0.496 e. The van der Waals surface area contributed by atoms with Crippen molar-refractivity contribution in [2.75, 3.05) is 19.0 Å². The summed E-state index contributed by atoms with van der Waals surface area (Å²) in [6.45, 7) is 4.28. The van der Waals surface area contributed by atoms with Crippen molar-refractivity contribution in [3.05, 3.63) is 65.7 Å². The smallest absolute Gasteiger partial charge is 0.162 e. The minimum atomic E-state index is -0.928. The molecule has 0 spiro atoms. The summed E-state index contributed by atoms with van der Waals surface area (Å²) in [4.78, 5) is 12.8. The Bertz CT molecular complexity index is 932. The van der Waals surface area contributed by atoms with Crippen LogP contribution >= 0.6 is 0 Å². The third-order valence-corrected chi connectivity index (χ3v) is 4.27. The maximum Gasteiger partial charge on any atom is 0.162 e. The second kappa shape index (κ2) is 8.07. The largest absolute Gasteiger partial charge is 0.496 e. The summed E-state index contributed by atoms with van der Waals surface area (Å²) in [6.07, 6.45) is 3.23. The van der Waals surface area contributed by atoms with E-state index in [4.69, 9.17) is 4.74 Å². The van der Waals surface area contributed by atoms with Crippen LogP contribution in [0.15, 0.2) is 42.9 Å². The van der Waals surface area contributed by atoms with Crippen LogP contribution in [-0.4, -0.2) is 28.6 Å². The zero-order valence-corrected chi connectivity index (χ0v) is 15.3. The lowest BCUT2D eigenvalue weighted by molar-refractivity contribution is 0.398. The summed E-state index contributed by atoms with van der Waals surface area (Å²) in [7, 11) is 1.43. The summed E-state index contributed by atoms with van der Waals surface area (Å²) in [5.41, 5.74) is 3.15. The summed E-state index contributed by atoms with van der Waals surface area (Å²) in [6, 6.07) is 7.92. The zero-order valence-electron chi connectivity index (χ0n) is 15.3. The molecule has 2 aromatic heterocycles. The second-order valence-electron chi connectivity index (χ2n) is 6.27. The lowest BCUT2D eigenvalue weighted by Crippen LogP contribution is -2.12. The van der Waals surface area contributed by atoms with Gasteiger partial charge in [-0.25, -0.2) is 18.7 Å². The number of aromatic nitrogens is 3. The first-order valence-corrected chi connectivity index (χ1v) is 8.49. The molecular weight excluding hydrogens is 350 g/mol. The predicted octanol–water partition coefficient (Wildman–Crippen LogP) is 4.35. The molecule has 1 aromatic carbocycles. The Morgan fingerprint density at radius 1 is 1.07 bits per heavy atom. The van der Waals surface area contributed by atoms with E-state index >= 15 is 0 Å². The van der Waals surface area contributed by atoms with Gasteiger partial charge in [-0.1, -0.05) is 6.92 Å². The SMILES string of the molecule is COc1cc(F)c(F)cc1C(C)CNc1cc(-c2ccc(C)nc2)ncn1. The van der Waals surface area contributed by atoms with Crippen LogP contribution in [0.25, 0.3) is 11.3 Å². The molecular formula is C20H20F2N4O. The van der Waals surface area contributed by atoms with E-state index < -0.39 is 11.6 Å². The van der Waals surface area contributed by atoms with Gasteiger partial charge in [-0.2, -0.15) is 0 Å². The number of methoxy groups -OCH3 is 1. The molecule has 0 aliphatic rings. The van der Waals surface area contributed by atoms with Crippen molar-refractivity contribution in [1.29, 1.82) is 0 Å². The Kier molecular flexibility index (Phi) is 5.59. The van der Waals surface area contributed by atoms with Crippen LogP contribution in [0.4, 0.5) is 14.6 Å². The van der Waals surface area contributed by atoms with Crippen LogP contribution in [-0.2, 0) is 0 Å². The van der Waals surface area contributed by atoms with E-state index in [-0.39, 0.29) is 5.92 Å². The average Bonchev–Trinajstić information content (AvgIpc) is 2.68. The molecule has 0 saturated carbocycles. The molecule has 0 amide bonds. The summed E-state index contributed by atoms with van der Waals surface area (Å²) in [5.74, 6) is -1.00. The molecule has 7 heteroatoms. The quantitative estimate of drug-likeness (QED) is 0.699. The number of hydrogen-bond donors (Lipinski definition) is 1. The number of anilines is 1. The van der Waals surface area contributed by atoms with Gasteiger partial charge in [0, 0.05) is 47.6 Å². The fourth-order valence-electron chi connectivity index (χ4n) is 2.70. The van der Waals surface area contributed by atoms with E-state index in [0.29, 0.717) is 23.7 Å². The lowest BCUT2D eigenvalue weighted by atomic mass is 9.99. The first kappa shape index (κ1) is 18.7. The number of benzene rings is 1. The molecule has 0 radical (unpaired) electrons. The maximum absolute atomic E-state index is 13.6. The van der Waals surface area contributed by atoms with E-state index in [1.807, 2.05) is 32.0 Å². The number of halogens is 2. The van der Waals surface area contributed by atoms with Gasteiger partial charge in [-0.3, -0.25) is 4.98 Å². The molecule has 1 unspecified atom stereocenters. The van der Waals surface area contributed by atoms with Crippen LogP contribution < -0.4 is 10.1 Å². The Hall–Kier alpha value is -3.09. The third-order valence-electron chi connectivity index (χ3n) is 4.27. The Morgan fingerprint density at radius 3 is 2.56 bits per heavy atom. The second-order valence-corrected chi connectivity index (χ2v) is 6.27. The fourth-order valence-corrected chi connectivity index (χ4v) is 2.70. The van der Waals surface area contributed by atoms with E-state index in [9.17, 15) is 8.78 Å². The molecule has 140 valence electrons. The van der Waals surface area contributed by atoms with Crippen molar-refractivity contribution in [3.8, 4) is 17.0 Å². The number of hydrogen-bond acceptors (Lipinski definition) is 5. The van der Waals surface area contributed by atoms with Crippen molar-refractivity contribution in [1.82, 2.24) is 15.0 Å². The number of nitrogens with zero attached hydrogens (tertiary/aromatic N) is 3. The summed E-state index contributed by atoms with van der Waals surface area (Å²) >= 11 is 0. The molecule has 2 heterocycles. The van der Waals surface area contributed by atoms with Crippen LogP contribution in [0.1, 0.15) is 24.1 Å². The number of ether oxygens (including phenoxy) is 1. The van der Waals surface area contributed by atoms with Gasteiger partial charge in [-0.15, -0.1) is 0 Å². The molecule has 5 nitrogen and oxygen atoms in total. The normalized spacial score (nSPS) is 11.9. The molecule has 0 aliphatic heterocycles. The van der Waals surface area contributed by atoms with Crippen molar-refractivity contribution in [2.24, 2.45) is 0 Å². The number of nitrogens with one attached hydrogen (secondary N) is 1. The van der Waals surface area contributed by atoms with Gasteiger partial charge in [0.05, 0.1) is 12.8 Å². The molecule has 0 bridgehead atoms. The summed E-state index contributed by atoms with van der Waals surface area (Å²) in [5, 5.41) is 3.21. The number of pyridine rings is 1.